The van der Waals surface area contributed by atoms with E-state index in [9.17, 15) is 9.18 Å². The number of methoxy groups -OCH3 is 1. The van der Waals surface area contributed by atoms with Crippen LogP contribution in [-0.2, 0) is 4.79 Å². The molecule has 0 radical (unpaired) electrons. The Morgan fingerprint density at radius 2 is 1.97 bits per heavy atom. The molecule has 0 aliphatic heterocycles. The molecule has 0 saturated heterocycles. The monoisotopic (exact) mass is 470 g/mol. The highest BCUT2D eigenvalue weighted by molar-refractivity contribution is 8.01. The number of hydrogen-bond acceptors (Lipinski definition) is 8. The molecule has 4 aromatic rings. The number of thioether (sulfide) groups is 1. The van der Waals surface area contributed by atoms with Crippen LogP contribution in [-0.4, -0.2) is 38.7 Å². The second-order valence-electron chi connectivity index (χ2n) is 6.59. The smallest absolute Gasteiger partial charge is 0.235 e. The number of carbonyl (C=O) groups is 1. The molecule has 2 aromatic carbocycles. The van der Waals surface area contributed by atoms with Gasteiger partial charge in [0.05, 0.1) is 29.9 Å². The van der Waals surface area contributed by atoms with Gasteiger partial charge in [0, 0.05) is 6.07 Å². The van der Waals surface area contributed by atoms with Gasteiger partial charge >= 0.3 is 0 Å². The molecule has 4 rings (SSSR count). The number of rotatable bonds is 8. The Bertz CT molecular complexity index is 1230. The Kier molecular flexibility index (Phi) is 6.66. The maximum Gasteiger partial charge on any atom is 0.235 e. The van der Waals surface area contributed by atoms with E-state index in [0.717, 1.165) is 11.4 Å². The van der Waals surface area contributed by atoms with Gasteiger partial charge in [0.25, 0.3) is 0 Å². The molecule has 8 nitrogen and oxygen atoms in total. The van der Waals surface area contributed by atoms with Crippen molar-refractivity contribution in [2.24, 2.45) is 0 Å². The third-order valence-corrected chi connectivity index (χ3v) is 6.22. The normalized spacial score (nSPS) is 10.7. The summed E-state index contributed by atoms with van der Waals surface area (Å²) in [7, 11) is 1.60. The fourth-order valence-electron chi connectivity index (χ4n) is 2.86. The molecule has 0 aliphatic carbocycles. The van der Waals surface area contributed by atoms with Crippen molar-refractivity contribution in [3.05, 3.63) is 66.1 Å². The molecule has 0 spiro atoms. The van der Waals surface area contributed by atoms with Crippen LogP contribution in [0, 0.1) is 12.7 Å². The van der Waals surface area contributed by atoms with Crippen molar-refractivity contribution in [3.8, 4) is 11.4 Å². The summed E-state index contributed by atoms with van der Waals surface area (Å²) in [5, 5.41) is 19.2. The van der Waals surface area contributed by atoms with Crippen molar-refractivity contribution in [2.45, 2.75) is 11.3 Å². The molecule has 1 amide bonds. The standard InChI is InChI=1S/C21H19FN6O2S2/c1-13-11-18(28(27-13)15-9-7-14(22)8-10-15)24-19(29)12-31-21-26-25-20(32-21)23-16-5-3-4-6-17(16)30-2/h3-11H,12H2,1-2H3,(H,23,25)(H,24,29). The summed E-state index contributed by atoms with van der Waals surface area (Å²) in [5.74, 6) is 0.806. The van der Waals surface area contributed by atoms with Crippen molar-refractivity contribution in [1.29, 1.82) is 0 Å². The first kappa shape index (κ1) is 21.8. The van der Waals surface area contributed by atoms with Gasteiger partial charge in [-0.2, -0.15) is 5.10 Å². The number of ether oxygens (including phenoxy) is 1. The van der Waals surface area contributed by atoms with E-state index in [4.69, 9.17) is 4.74 Å². The first-order valence-corrected chi connectivity index (χ1v) is 11.3. The molecule has 32 heavy (non-hydrogen) atoms. The Morgan fingerprint density at radius 1 is 1.19 bits per heavy atom. The van der Waals surface area contributed by atoms with E-state index < -0.39 is 0 Å². The molecule has 2 aromatic heterocycles. The molecule has 0 fully saturated rings. The van der Waals surface area contributed by atoms with Gasteiger partial charge in [-0.25, -0.2) is 9.07 Å². The third kappa shape index (κ3) is 5.24. The number of aryl methyl sites for hydroxylation is 1. The van der Waals surface area contributed by atoms with E-state index in [1.807, 2.05) is 31.2 Å². The van der Waals surface area contributed by atoms with Gasteiger partial charge in [-0.1, -0.05) is 35.2 Å². The van der Waals surface area contributed by atoms with Crippen molar-refractivity contribution < 1.29 is 13.9 Å². The molecule has 0 atom stereocenters. The Morgan fingerprint density at radius 3 is 2.75 bits per heavy atom. The minimum atomic E-state index is -0.337. The van der Waals surface area contributed by atoms with Crippen LogP contribution >= 0.6 is 23.1 Å². The quantitative estimate of drug-likeness (QED) is 0.362. The predicted molar refractivity (Wildman–Crippen MR) is 124 cm³/mol. The number of anilines is 3. The van der Waals surface area contributed by atoms with Crippen molar-refractivity contribution in [1.82, 2.24) is 20.0 Å². The van der Waals surface area contributed by atoms with Crippen LogP contribution in [0.3, 0.4) is 0 Å². The van der Waals surface area contributed by atoms with Gasteiger partial charge in [-0.3, -0.25) is 4.79 Å². The first-order chi connectivity index (χ1) is 15.5. The largest absolute Gasteiger partial charge is 0.495 e. The van der Waals surface area contributed by atoms with Gasteiger partial charge < -0.3 is 15.4 Å². The number of carbonyl (C=O) groups excluding carboxylic acids is 1. The first-order valence-electron chi connectivity index (χ1n) is 9.50. The van der Waals surface area contributed by atoms with E-state index in [1.165, 1.54) is 35.2 Å². The lowest BCUT2D eigenvalue weighted by atomic mass is 10.3. The van der Waals surface area contributed by atoms with E-state index >= 15 is 0 Å². The van der Waals surface area contributed by atoms with E-state index in [1.54, 1.807) is 30.0 Å². The number of hydrogen-bond donors (Lipinski definition) is 2. The van der Waals surface area contributed by atoms with E-state index in [2.05, 4.69) is 25.9 Å². The number of benzene rings is 2. The highest BCUT2D eigenvalue weighted by atomic mass is 32.2. The number of aromatic nitrogens is 4. The zero-order chi connectivity index (χ0) is 22.5. The lowest BCUT2D eigenvalue weighted by Crippen LogP contribution is -2.16. The topological polar surface area (TPSA) is 94.0 Å². The van der Waals surface area contributed by atoms with Crippen LogP contribution in [0.5, 0.6) is 5.75 Å². The van der Waals surface area contributed by atoms with Crippen molar-refractivity contribution in [2.75, 3.05) is 23.5 Å². The van der Waals surface area contributed by atoms with Crippen LogP contribution in [0.25, 0.3) is 5.69 Å². The Balaban J connectivity index is 1.37. The average Bonchev–Trinajstić information content (AvgIpc) is 3.39. The van der Waals surface area contributed by atoms with Gasteiger partial charge in [0.1, 0.15) is 17.4 Å². The van der Waals surface area contributed by atoms with E-state index in [0.29, 0.717) is 26.7 Å². The number of nitrogens with zero attached hydrogens (tertiary/aromatic N) is 4. The summed E-state index contributed by atoms with van der Waals surface area (Å²) >= 11 is 2.62. The summed E-state index contributed by atoms with van der Waals surface area (Å²) in [6.45, 7) is 1.82. The molecule has 11 heteroatoms. The summed E-state index contributed by atoms with van der Waals surface area (Å²) in [5.41, 5.74) is 2.16. The minimum Gasteiger partial charge on any atom is -0.495 e. The van der Waals surface area contributed by atoms with Gasteiger partial charge in [0.2, 0.25) is 11.0 Å². The molecule has 2 N–H and O–H groups in total. The zero-order valence-electron chi connectivity index (χ0n) is 17.2. The number of amides is 1. The van der Waals surface area contributed by atoms with Gasteiger partial charge in [-0.15, -0.1) is 10.2 Å². The molecule has 164 valence electrons. The second kappa shape index (κ2) is 9.79. The second-order valence-corrected chi connectivity index (χ2v) is 8.79. The zero-order valence-corrected chi connectivity index (χ0v) is 18.8. The fourth-order valence-corrected chi connectivity index (χ4v) is 4.42. The lowest BCUT2D eigenvalue weighted by molar-refractivity contribution is -0.113. The van der Waals surface area contributed by atoms with Crippen LogP contribution in [0.15, 0.2) is 58.9 Å². The number of para-hydroxylation sites is 2. The van der Waals surface area contributed by atoms with Gasteiger partial charge in [0.15, 0.2) is 4.34 Å². The SMILES string of the molecule is COc1ccccc1Nc1nnc(SCC(=O)Nc2cc(C)nn2-c2ccc(F)cc2)s1. The van der Waals surface area contributed by atoms with Crippen LogP contribution < -0.4 is 15.4 Å². The molecule has 0 bridgehead atoms. The lowest BCUT2D eigenvalue weighted by Gasteiger charge is -2.08. The Labute approximate surface area is 191 Å². The van der Waals surface area contributed by atoms with Crippen molar-refractivity contribution >= 4 is 45.6 Å². The van der Waals surface area contributed by atoms with Crippen LogP contribution in [0.2, 0.25) is 0 Å². The highest BCUT2D eigenvalue weighted by Gasteiger charge is 2.13. The van der Waals surface area contributed by atoms with Crippen LogP contribution in [0.1, 0.15) is 5.69 Å². The maximum absolute atomic E-state index is 13.2. The molecular weight excluding hydrogens is 451 g/mol. The predicted octanol–water partition coefficient (Wildman–Crippen LogP) is 4.65. The average molecular weight is 471 g/mol. The fraction of sp³-hybridized carbons (Fsp3) is 0.143. The molecule has 0 unspecified atom stereocenters. The maximum atomic E-state index is 13.2. The van der Waals surface area contributed by atoms with E-state index in [-0.39, 0.29) is 17.5 Å². The summed E-state index contributed by atoms with van der Waals surface area (Å²) in [6, 6.07) is 15.2. The summed E-state index contributed by atoms with van der Waals surface area (Å²) < 4.78 is 20.8. The number of nitrogens with one attached hydrogen (secondary N) is 2. The van der Waals surface area contributed by atoms with Gasteiger partial charge in [-0.05, 0) is 43.3 Å². The van der Waals surface area contributed by atoms with Crippen LogP contribution in [0.4, 0.5) is 21.0 Å². The van der Waals surface area contributed by atoms with Crippen molar-refractivity contribution in [3.63, 3.8) is 0 Å². The highest BCUT2D eigenvalue weighted by Crippen LogP contribution is 2.31. The molecule has 0 saturated carbocycles. The number of halogens is 1. The third-order valence-electron chi connectivity index (χ3n) is 4.25. The molecular formula is C21H19FN6O2S2. The molecule has 0 aliphatic rings. The summed E-state index contributed by atoms with van der Waals surface area (Å²) in [4.78, 5) is 12.5. The molecule has 2 heterocycles. The Hall–Kier alpha value is -3.44. The minimum absolute atomic E-state index is 0.150. The summed E-state index contributed by atoms with van der Waals surface area (Å²) in [6.07, 6.45) is 0.